The first-order valence-corrected chi connectivity index (χ1v) is 5.28. The second-order valence-corrected chi connectivity index (χ2v) is 4.36. The van der Waals surface area contributed by atoms with Gasteiger partial charge in [0.15, 0.2) is 0 Å². The van der Waals surface area contributed by atoms with Crippen LogP contribution in [0.15, 0.2) is 12.7 Å². The predicted molar refractivity (Wildman–Crippen MR) is 57.6 cm³/mol. The van der Waals surface area contributed by atoms with Crippen LogP contribution in [0.25, 0.3) is 0 Å². The standard InChI is InChI=1S/C11H22N2/c1-3-7-13-11(9-12)6-4-5-10(2)8-11/h3,10,13H,1,4-9,12H2,2H3. The van der Waals surface area contributed by atoms with Crippen molar-refractivity contribution in [2.24, 2.45) is 11.7 Å². The van der Waals surface area contributed by atoms with Crippen molar-refractivity contribution in [1.29, 1.82) is 0 Å². The zero-order valence-corrected chi connectivity index (χ0v) is 8.68. The van der Waals surface area contributed by atoms with E-state index in [9.17, 15) is 0 Å². The second kappa shape index (κ2) is 4.77. The van der Waals surface area contributed by atoms with Crippen LogP contribution in [-0.2, 0) is 0 Å². The molecule has 0 bridgehead atoms. The SMILES string of the molecule is C=CCNC1(CN)CCCC(C)C1. The van der Waals surface area contributed by atoms with Gasteiger partial charge in [0.2, 0.25) is 0 Å². The monoisotopic (exact) mass is 182 g/mol. The van der Waals surface area contributed by atoms with E-state index >= 15 is 0 Å². The molecule has 0 spiro atoms. The molecule has 2 atom stereocenters. The van der Waals surface area contributed by atoms with Gasteiger partial charge in [-0.3, -0.25) is 0 Å². The molecule has 1 aliphatic carbocycles. The van der Waals surface area contributed by atoms with E-state index in [-0.39, 0.29) is 5.54 Å². The van der Waals surface area contributed by atoms with Gasteiger partial charge in [0.25, 0.3) is 0 Å². The topological polar surface area (TPSA) is 38.0 Å². The summed E-state index contributed by atoms with van der Waals surface area (Å²) in [6.45, 7) is 7.68. The molecule has 0 saturated heterocycles. The molecule has 76 valence electrons. The van der Waals surface area contributed by atoms with Crippen molar-refractivity contribution < 1.29 is 0 Å². The van der Waals surface area contributed by atoms with Gasteiger partial charge in [-0.1, -0.05) is 25.8 Å². The molecule has 1 saturated carbocycles. The third kappa shape index (κ3) is 2.82. The number of hydrogen-bond acceptors (Lipinski definition) is 2. The molecular weight excluding hydrogens is 160 g/mol. The van der Waals surface area contributed by atoms with Crippen molar-refractivity contribution in [3.63, 3.8) is 0 Å². The van der Waals surface area contributed by atoms with Gasteiger partial charge >= 0.3 is 0 Å². The molecular formula is C11H22N2. The molecule has 1 aliphatic rings. The van der Waals surface area contributed by atoms with Crippen LogP contribution in [0.1, 0.15) is 32.6 Å². The fourth-order valence-corrected chi connectivity index (χ4v) is 2.37. The van der Waals surface area contributed by atoms with E-state index in [0.29, 0.717) is 0 Å². The van der Waals surface area contributed by atoms with Crippen molar-refractivity contribution in [1.82, 2.24) is 5.32 Å². The number of nitrogens with one attached hydrogen (secondary N) is 1. The molecule has 2 heteroatoms. The summed E-state index contributed by atoms with van der Waals surface area (Å²) >= 11 is 0. The average Bonchev–Trinajstić information content (AvgIpc) is 2.15. The highest BCUT2D eigenvalue weighted by atomic mass is 15.0. The molecule has 0 heterocycles. The summed E-state index contributed by atoms with van der Waals surface area (Å²) in [5.41, 5.74) is 6.04. The van der Waals surface area contributed by atoms with Gasteiger partial charge in [-0.15, -0.1) is 6.58 Å². The quantitative estimate of drug-likeness (QED) is 0.649. The molecule has 1 fully saturated rings. The van der Waals surface area contributed by atoms with Crippen molar-refractivity contribution in [3.05, 3.63) is 12.7 Å². The molecule has 0 aromatic carbocycles. The lowest BCUT2D eigenvalue weighted by atomic mass is 9.76. The Labute approximate surface area is 81.6 Å². The van der Waals surface area contributed by atoms with E-state index in [0.717, 1.165) is 19.0 Å². The normalized spacial score (nSPS) is 34.5. The van der Waals surface area contributed by atoms with Gasteiger partial charge in [0.05, 0.1) is 0 Å². The highest BCUT2D eigenvalue weighted by Gasteiger charge is 2.32. The lowest BCUT2D eigenvalue weighted by Crippen LogP contribution is -2.53. The Balaban J connectivity index is 2.50. The Morgan fingerprint density at radius 3 is 3.00 bits per heavy atom. The molecule has 3 N–H and O–H groups in total. The van der Waals surface area contributed by atoms with Crippen molar-refractivity contribution in [3.8, 4) is 0 Å². The third-order valence-corrected chi connectivity index (χ3v) is 3.10. The highest BCUT2D eigenvalue weighted by molar-refractivity contribution is 4.95. The van der Waals surface area contributed by atoms with Gasteiger partial charge in [-0.25, -0.2) is 0 Å². The fourth-order valence-electron chi connectivity index (χ4n) is 2.37. The largest absolute Gasteiger partial charge is 0.329 e. The summed E-state index contributed by atoms with van der Waals surface area (Å²) in [5, 5.41) is 3.52. The van der Waals surface area contributed by atoms with Crippen LogP contribution in [-0.4, -0.2) is 18.6 Å². The maximum atomic E-state index is 5.84. The minimum absolute atomic E-state index is 0.200. The fraction of sp³-hybridized carbons (Fsp3) is 0.818. The van der Waals surface area contributed by atoms with Gasteiger partial charge in [0.1, 0.15) is 0 Å². The molecule has 0 aliphatic heterocycles. The van der Waals surface area contributed by atoms with Crippen LogP contribution in [0.5, 0.6) is 0 Å². The molecule has 0 aromatic heterocycles. The van der Waals surface area contributed by atoms with E-state index in [4.69, 9.17) is 5.73 Å². The highest BCUT2D eigenvalue weighted by Crippen LogP contribution is 2.31. The number of hydrogen-bond donors (Lipinski definition) is 2. The lowest BCUT2D eigenvalue weighted by Gasteiger charge is -2.40. The molecule has 2 unspecified atom stereocenters. The number of nitrogens with two attached hydrogens (primary N) is 1. The van der Waals surface area contributed by atoms with Crippen LogP contribution < -0.4 is 11.1 Å². The summed E-state index contributed by atoms with van der Waals surface area (Å²) in [5.74, 6) is 0.814. The van der Waals surface area contributed by atoms with Crippen molar-refractivity contribution in [2.75, 3.05) is 13.1 Å². The van der Waals surface area contributed by atoms with E-state index in [1.165, 1.54) is 25.7 Å². The minimum atomic E-state index is 0.200. The Morgan fingerprint density at radius 1 is 1.69 bits per heavy atom. The predicted octanol–water partition coefficient (Wildman–Crippen LogP) is 1.67. The van der Waals surface area contributed by atoms with Crippen molar-refractivity contribution in [2.45, 2.75) is 38.1 Å². The van der Waals surface area contributed by atoms with Crippen molar-refractivity contribution >= 4 is 0 Å². The van der Waals surface area contributed by atoms with Crippen LogP contribution >= 0.6 is 0 Å². The Morgan fingerprint density at radius 2 is 2.46 bits per heavy atom. The smallest absolute Gasteiger partial charge is 0.0309 e. The molecule has 0 aromatic rings. The van der Waals surface area contributed by atoms with Crippen LogP contribution in [0.2, 0.25) is 0 Å². The van der Waals surface area contributed by atoms with E-state index in [1.54, 1.807) is 0 Å². The maximum Gasteiger partial charge on any atom is 0.0309 e. The van der Waals surface area contributed by atoms with Gasteiger partial charge in [-0.05, 0) is 18.8 Å². The van der Waals surface area contributed by atoms with Gasteiger partial charge in [0, 0.05) is 18.6 Å². The Kier molecular flexibility index (Phi) is 3.94. The molecule has 13 heavy (non-hydrogen) atoms. The minimum Gasteiger partial charge on any atom is -0.329 e. The van der Waals surface area contributed by atoms with E-state index < -0.39 is 0 Å². The number of rotatable bonds is 4. The summed E-state index contributed by atoms with van der Waals surface area (Å²) < 4.78 is 0. The van der Waals surface area contributed by atoms with Gasteiger partial charge < -0.3 is 11.1 Å². The summed E-state index contributed by atoms with van der Waals surface area (Å²) in [6.07, 6.45) is 7.02. The van der Waals surface area contributed by atoms with Gasteiger partial charge in [-0.2, -0.15) is 0 Å². The summed E-state index contributed by atoms with van der Waals surface area (Å²) in [7, 11) is 0. The first kappa shape index (κ1) is 10.7. The molecule has 1 rings (SSSR count). The molecule has 2 nitrogen and oxygen atoms in total. The van der Waals surface area contributed by atoms with Crippen LogP contribution in [0.4, 0.5) is 0 Å². The molecule has 0 amide bonds. The summed E-state index contributed by atoms with van der Waals surface area (Å²) in [6, 6.07) is 0. The third-order valence-electron chi connectivity index (χ3n) is 3.10. The first-order chi connectivity index (χ1) is 6.22. The summed E-state index contributed by atoms with van der Waals surface area (Å²) in [4.78, 5) is 0. The Hall–Kier alpha value is -0.340. The van der Waals surface area contributed by atoms with Crippen LogP contribution in [0, 0.1) is 5.92 Å². The average molecular weight is 182 g/mol. The second-order valence-electron chi connectivity index (χ2n) is 4.36. The Bertz CT molecular complexity index is 167. The zero-order valence-electron chi connectivity index (χ0n) is 8.68. The molecule has 0 radical (unpaired) electrons. The zero-order chi connectivity index (χ0) is 9.73. The first-order valence-electron chi connectivity index (χ1n) is 5.28. The van der Waals surface area contributed by atoms with E-state index in [1.807, 2.05) is 6.08 Å². The lowest BCUT2D eigenvalue weighted by molar-refractivity contribution is 0.199. The van der Waals surface area contributed by atoms with E-state index in [2.05, 4.69) is 18.8 Å². The van der Waals surface area contributed by atoms with Crippen LogP contribution in [0.3, 0.4) is 0 Å². The maximum absolute atomic E-state index is 5.84.